The van der Waals surface area contributed by atoms with Crippen LogP contribution in [-0.2, 0) is 11.2 Å². The van der Waals surface area contributed by atoms with Crippen molar-refractivity contribution in [3.8, 4) is 6.07 Å². The fraction of sp³-hybridized carbons (Fsp3) is 0.0667. The Morgan fingerprint density at radius 3 is 2.70 bits per heavy atom. The van der Waals surface area contributed by atoms with E-state index in [4.69, 9.17) is 16.9 Å². The molecule has 5 heteroatoms. The Hall–Kier alpha value is -2.38. The fourth-order valence-electron chi connectivity index (χ4n) is 1.75. The molecule has 100 valence electrons. The molecule has 1 N–H and O–H groups in total. The predicted molar refractivity (Wildman–Crippen MR) is 74.9 cm³/mol. The lowest BCUT2D eigenvalue weighted by Gasteiger charge is -2.08. The van der Waals surface area contributed by atoms with Crippen LogP contribution in [0.2, 0.25) is 5.02 Å². The Morgan fingerprint density at radius 2 is 2.00 bits per heavy atom. The Balaban J connectivity index is 2.16. The molecule has 0 fully saturated rings. The Labute approximate surface area is 120 Å². The van der Waals surface area contributed by atoms with E-state index < -0.39 is 5.82 Å². The highest BCUT2D eigenvalue weighted by atomic mass is 35.5. The zero-order valence-corrected chi connectivity index (χ0v) is 11.1. The Kier molecular flexibility index (Phi) is 4.34. The molecule has 0 radical (unpaired) electrons. The van der Waals surface area contributed by atoms with Crippen LogP contribution in [0.4, 0.5) is 10.1 Å². The molecule has 2 aromatic carbocycles. The van der Waals surface area contributed by atoms with Gasteiger partial charge in [0.1, 0.15) is 17.4 Å². The molecule has 2 aromatic rings. The van der Waals surface area contributed by atoms with Crippen LogP contribution >= 0.6 is 11.6 Å². The summed E-state index contributed by atoms with van der Waals surface area (Å²) in [5.74, 6) is -1.02. The van der Waals surface area contributed by atoms with Gasteiger partial charge in [-0.2, -0.15) is 5.26 Å². The minimum atomic E-state index is -0.664. The van der Waals surface area contributed by atoms with Gasteiger partial charge in [0.25, 0.3) is 0 Å². The number of carbonyl (C=O) groups is 1. The van der Waals surface area contributed by atoms with Crippen molar-refractivity contribution in [1.82, 2.24) is 0 Å². The van der Waals surface area contributed by atoms with Gasteiger partial charge >= 0.3 is 0 Å². The number of amides is 1. The van der Waals surface area contributed by atoms with E-state index in [0.29, 0.717) is 10.6 Å². The summed E-state index contributed by atoms with van der Waals surface area (Å²) in [4.78, 5) is 11.9. The van der Waals surface area contributed by atoms with E-state index >= 15 is 0 Å². The third-order valence-electron chi connectivity index (χ3n) is 2.71. The molecule has 0 atom stereocenters. The van der Waals surface area contributed by atoms with Gasteiger partial charge in [0.15, 0.2) is 0 Å². The maximum Gasteiger partial charge on any atom is 0.228 e. The van der Waals surface area contributed by atoms with Gasteiger partial charge in [-0.15, -0.1) is 0 Å². The largest absolute Gasteiger partial charge is 0.325 e. The highest BCUT2D eigenvalue weighted by Gasteiger charge is 2.12. The van der Waals surface area contributed by atoms with Gasteiger partial charge in [-0.05, 0) is 23.8 Å². The fourth-order valence-corrected chi connectivity index (χ4v) is 1.95. The van der Waals surface area contributed by atoms with Crippen LogP contribution in [0.5, 0.6) is 0 Å². The van der Waals surface area contributed by atoms with Crippen molar-refractivity contribution in [2.75, 3.05) is 5.32 Å². The second-order valence-corrected chi connectivity index (χ2v) is 4.50. The molecule has 0 aliphatic rings. The van der Waals surface area contributed by atoms with Crippen molar-refractivity contribution in [3.05, 3.63) is 64.4 Å². The molecular formula is C15H10ClFN2O. The first-order valence-corrected chi connectivity index (χ1v) is 6.21. The number of halogens is 2. The van der Waals surface area contributed by atoms with Crippen molar-refractivity contribution >= 4 is 23.2 Å². The van der Waals surface area contributed by atoms with Crippen LogP contribution in [0.3, 0.4) is 0 Å². The molecule has 0 spiro atoms. The summed E-state index contributed by atoms with van der Waals surface area (Å²) in [6.07, 6.45) is 0.0566. The maximum absolute atomic E-state index is 13.4. The number of carbonyl (C=O) groups excluding carboxylic acids is 1. The molecule has 20 heavy (non-hydrogen) atoms. The number of anilines is 1. The topological polar surface area (TPSA) is 52.9 Å². The molecule has 0 saturated carbocycles. The van der Waals surface area contributed by atoms with E-state index in [2.05, 4.69) is 5.32 Å². The van der Waals surface area contributed by atoms with E-state index in [-0.39, 0.29) is 23.6 Å². The molecule has 0 unspecified atom stereocenters. The summed E-state index contributed by atoms with van der Waals surface area (Å²) in [5.41, 5.74) is 0.645. The Bertz CT molecular complexity index is 695. The van der Waals surface area contributed by atoms with Crippen molar-refractivity contribution in [2.45, 2.75) is 6.42 Å². The van der Waals surface area contributed by atoms with Crippen LogP contribution in [-0.4, -0.2) is 5.91 Å². The normalized spacial score (nSPS) is 9.85. The van der Waals surface area contributed by atoms with Crippen LogP contribution in [0.15, 0.2) is 42.5 Å². The first kappa shape index (κ1) is 14.0. The third-order valence-corrected chi connectivity index (χ3v) is 3.08. The van der Waals surface area contributed by atoms with E-state index in [1.54, 1.807) is 30.3 Å². The predicted octanol–water partition coefficient (Wildman–Crippen LogP) is 3.53. The van der Waals surface area contributed by atoms with E-state index in [1.807, 2.05) is 0 Å². The number of hydrogen-bond donors (Lipinski definition) is 1. The van der Waals surface area contributed by atoms with Gasteiger partial charge in [-0.25, -0.2) is 4.39 Å². The van der Waals surface area contributed by atoms with E-state index in [0.717, 1.165) is 0 Å². The van der Waals surface area contributed by atoms with Crippen LogP contribution in [0.25, 0.3) is 0 Å². The summed E-state index contributed by atoms with van der Waals surface area (Å²) < 4.78 is 13.4. The number of nitrogens with zero attached hydrogens (tertiary/aromatic N) is 1. The second kappa shape index (κ2) is 6.18. The average molecular weight is 289 g/mol. The maximum atomic E-state index is 13.4. The smallest absolute Gasteiger partial charge is 0.228 e. The van der Waals surface area contributed by atoms with Gasteiger partial charge in [0.05, 0.1) is 12.1 Å². The van der Waals surface area contributed by atoms with Crippen molar-refractivity contribution in [2.24, 2.45) is 0 Å². The number of rotatable bonds is 3. The van der Waals surface area contributed by atoms with Crippen LogP contribution < -0.4 is 5.32 Å². The highest BCUT2D eigenvalue weighted by Crippen LogP contribution is 2.19. The molecule has 3 nitrogen and oxygen atoms in total. The first-order valence-electron chi connectivity index (χ1n) is 5.83. The Morgan fingerprint density at radius 1 is 1.25 bits per heavy atom. The van der Waals surface area contributed by atoms with Gasteiger partial charge in [0, 0.05) is 5.02 Å². The number of nitriles is 1. The summed E-state index contributed by atoms with van der Waals surface area (Å²) in [6.45, 7) is 0. The SMILES string of the molecule is N#Cc1c(F)cccc1NC(=O)Cc1ccccc1Cl. The van der Waals surface area contributed by atoms with Crippen molar-refractivity contribution < 1.29 is 9.18 Å². The molecule has 0 saturated heterocycles. The van der Waals surface area contributed by atoms with Crippen molar-refractivity contribution in [3.63, 3.8) is 0 Å². The molecular weight excluding hydrogens is 279 g/mol. The van der Waals surface area contributed by atoms with Gasteiger partial charge in [-0.1, -0.05) is 35.9 Å². The molecule has 0 heterocycles. The molecule has 1 amide bonds. The molecule has 0 aromatic heterocycles. The molecule has 0 aliphatic heterocycles. The van der Waals surface area contributed by atoms with E-state index in [1.165, 1.54) is 18.2 Å². The quantitative estimate of drug-likeness (QED) is 0.939. The van der Waals surface area contributed by atoms with Gasteiger partial charge in [0.2, 0.25) is 5.91 Å². The minimum absolute atomic E-state index is 0.0566. The van der Waals surface area contributed by atoms with Crippen molar-refractivity contribution in [1.29, 1.82) is 5.26 Å². The lowest BCUT2D eigenvalue weighted by Crippen LogP contribution is -2.15. The van der Waals surface area contributed by atoms with Crippen LogP contribution in [0.1, 0.15) is 11.1 Å². The molecule has 0 bridgehead atoms. The number of hydrogen-bond acceptors (Lipinski definition) is 2. The van der Waals surface area contributed by atoms with Gasteiger partial charge < -0.3 is 5.32 Å². The summed E-state index contributed by atoms with van der Waals surface area (Å²) in [7, 11) is 0. The summed E-state index contributed by atoms with van der Waals surface area (Å²) in [6, 6.07) is 12.8. The van der Waals surface area contributed by atoms with Gasteiger partial charge in [-0.3, -0.25) is 4.79 Å². The summed E-state index contributed by atoms with van der Waals surface area (Å²) in [5, 5.41) is 11.9. The first-order chi connectivity index (χ1) is 9.61. The van der Waals surface area contributed by atoms with E-state index in [9.17, 15) is 9.18 Å². The zero-order chi connectivity index (χ0) is 14.5. The lowest BCUT2D eigenvalue weighted by atomic mass is 10.1. The highest BCUT2D eigenvalue weighted by molar-refractivity contribution is 6.31. The number of benzene rings is 2. The van der Waals surface area contributed by atoms with Crippen LogP contribution in [0, 0.1) is 17.1 Å². The lowest BCUT2D eigenvalue weighted by molar-refractivity contribution is -0.115. The monoisotopic (exact) mass is 288 g/mol. The summed E-state index contributed by atoms with van der Waals surface area (Å²) >= 11 is 5.96. The molecule has 0 aliphatic carbocycles. The zero-order valence-electron chi connectivity index (χ0n) is 10.4. The second-order valence-electron chi connectivity index (χ2n) is 4.09. The third kappa shape index (κ3) is 3.14. The average Bonchev–Trinajstić information content (AvgIpc) is 2.42. The minimum Gasteiger partial charge on any atom is -0.325 e. The number of nitrogens with one attached hydrogen (secondary N) is 1. The molecule has 2 rings (SSSR count). The standard InChI is InChI=1S/C15H10ClFN2O/c16-12-5-2-1-4-10(12)8-15(20)19-14-7-3-6-13(17)11(14)9-18/h1-7H,8H2,(H,19,20).